The number of rotatable bonds is 8. The number of ether oxygens (including phenoxy) is 1. The predicted molar refractivity (Wildman–Crippen MR) is 108 cm³/mol. The first-order valence-corrected chi connectivity index (χ1v) is 9.69. The lowest BCUT2D eigenvalue weighted by atomic mass is 10.1. The summed E-state index contributed by atoms with van der Waals surface area (Å²) in [6.45, 7) is 1.79. The molecule has 0 aliphatic rings. The molecule has 0 radical (unpaired) electrons. The van der Waals surface area contributed by atoms with Crippen molar-refractivity contribution in [1.82, 2.24) is 14.8 Å². The number of hydrogen-bond acceptors (Lipinski definition) is 6. The van der Waals surface area contributed by atoms with E-state index in [2.05, 4.69) is 15.5 Å². The first kappa shape index (κ1) is 19.6. The lowest BCUT2D eigenvalue weighted by Gasteiger charge is -2.07. The highest BCUT2D eigenvalue weighted by molar-refractivity contribution is 7.99. The summed E-state index contributed by atoms with van der Waals surface area (Å²) >= 11 is 1.32. The lowest BCUT2D eigenvalue weighted by Crippen LogP contribution is -2.10. The minimum absolute atomic E-state index is 0.0253. The molecule has 1 N–H and O–H groups in total. The number of nitrogens with zero attached hydrogens (tertiary/aromatic N) is 3. The molecule has 1 amide bonds. The fraction of sp³-hybridized carbons (Fsp3) is 0.200. The van der Waals surface area contributed by atoms with Crippen LogP contribution >= 0.6 is 11.8 Å². The SMILES string of the molecule is CCC(=O)Nc1ccc(C(=O)CSc2nncn2-c2ccc(OC)cc2)cc1. The molecule has 0 bridgehead atoms. The molecule has 0 saturated heterocycles. The maximum absolute atomic E-state index is 12.5. The van der Waals surface area contributed by atoms with Gasteiger partial charge < -0.3 is 10.1 Å². The Balaban J connectivity index is 1.63. The summed E-state index contributed by atoms with van der Waals surface area (Å²) in [5.41, 5.74) is 2.14. The van der Waals surface area contributed by atoms with Crippen molar-refractivity contribution in [3.8, 4) is 11.4 Å². The number of hydrogen-bond donors (Lipinski definition) is 1. The molecule has 0 aliphatic heterocycles. The lowest BCUT2D eigenvalue weighted by molar-refractivity contribution is -0.115. The van der Waals surface area contributed by atoms with Gasteiger partial charge in [-0.1, -0.05) is 18.7 Å². The fourth-order valence-corrected chi connectivity index (χ4v) is 3.27. The van der Waals surface area contributed by atoms with Crippen LogP contribution < -0.4 is 10.1 Å². The average molecular weight is 396 g/mol. The van der Waals surface area contributed by atoms with Gasteiger partial charge in [0.1, 0.15) is 12.1 Å². The number of carbonyl (C=O) groups excluding carboxylic acids is 2. The second-order valence-corrected chi connectivity index (χ2v) is 6.81. The van der Waals surface area contributed by atoms with E-state index in [0.29, 0.717) is 22.8 Å². The van der Waals surface area contributed by atoms with Crippen molar-refractivity contribution in [3.05, 3.63) is 60.4 Å². The van der Waals surface area contributed by atoms with E-state index in [9.17, 15) is 9.59 Å². The van der Waals surface area contributed by atoms with Gasteiger partial charge in [-0.2, -0.15) is 0 Å². The van der Waals surface area contributed by atoms with E-state index in [1.54, 1.807) is 44.6 Å². The second-order valence-electron chi connectivity index (χ2n) is 5.87. The highest BCUT2D eigenvalue weighted by Gasteiger charge is 2.12. The zero-order valence-corrected chi connectivity index (χ0v) is 16.4. The molecule has 3 rings (SSSR count). The Kier molecular flexibility index (Phi) is 6.44. The van der Waals surface area contributed by atoms with Crippen molar-refractivity contribution in [2.45, 2.75) is 18.5 Å². The summed E-state index contributed by atoms with van der Waals surface area (Å²) in [5, 5.41) is 11.4. The van der Waals surface area contributed by atoms with Crippen LogP contribution in [0.15, 0.2) is 60.0 Å². The van der Waals surface area contributed by atoms with E-state index in [1.807, 2.05) is 28.8 Å². The van der Waals surface area contributed by atoms with Gasteiger partial charge in [-0.25, -0.2) is 0 Å². The van der Waals surface area contributed by atoms with E-state index in [1.165, 1.54) is 11.8 Å². The van der Waals surface area contributed by atoms with Crippen molar-refractivity contribution in [2.24, 2.45) is 0 Å². The molecule has 0 saturated carbocycles. The molecule has 28 heavy (non-hydrogen) atoms. The van der Waals surface area contributed by atoms with Gasteiger partial charge in [0.15, 0.2) is 10.9 Å². The molecular weight excluding hydrogens is 376 g/mol. The molecule has 2 aromatic carbocycles. The van der Waals surface area contributed by atoms with Gasteiger partial charge >= 0.3 is 0 Å². The average Bonchev–Trinajstić information content (AvgIpc) is 3.21. The van der Waals surface area contributed by atoms with E-state index >= 15 is 0 Å². The molecule has 3 aromatic rings. The molecule has 144 valence electrons. The van der Waals surface area contributed by atoms with Gasteiger partial charge in [0, 0.05) is 23.4 Å². The summed E-state index contributed by atoms with van der Waals surface area (Å²) in [4.78, 5) is 23.9. The van der Waals surface area contributed by atoms with Crippen LogP contribution in [0.1, 0.15) is 23.7 Å². The molecule has 0 atom stereocenters. The first-order valence-electron chi connectivity index (χ1n) is 8.71. The Morgan fingerprint density at radius 2 is 1.82 bits per heavy atom. The van der Waals surface area contributed by atoms with Crippen molar-refractivity contribution >= 4 is 29.1 Å². The summed E-state index contributed by atoms with van der Waals surface area (Å²) in [7, 11) is 1.62. The third kappa shape index (κ3) is 4.77. The normalized spacial score (nSPS) is 10.5. The van der Waals surface area contributed by atoms with Crippen LogP contribution in [0.5, 0.6) is 5.75 Å². The van der Waals surface area contributed by atoms with Crippen molar-refractivity contribution in [3.63, 3.8) is 0 Å². The summed E-state index contributed by atoms with van der Waals surface area (Å²) in [6, 6.07) is 14.4. The van der Waals surface area contributed by atoms with Crippen LogP contribution in [0.2, 0.25) is 0 Å². The van der Waals surface area contributed by atoms with Crippen LogP contribution in [-0.4, -0.2) is 39.3 Å². The molecule has 1 heterocycles. The zero-order chi connectivity index (χ0) is 19.9. The van der Waals surface area contributed by atoms with Crippen molar-refractivity contribution < 1.29 is 14.3 Å². The van der Waals surface area contributed by atoms with Crippen LogP contribution in [0.3, 0.4) is 0 Å². The smallest absolute Gasteiger partial charge is 0.224 e. The summed E-state index contributed by atoms with van der Waals surface area (Å²) in [5.74, 6) is 0.908. The predicted octanol–water partition coefficient (Wildman–Crippen LogP) is 3.60. The first-order chi connectivity index (χ1) is 13.6. The standard InChI is InChI=1S/C20H20N4O3S/c1-3-19(26)22-15-6-4-14(5-7-15)18(25)12-28-20-23-21-13-24(20)16-8-10-17(27-2)11-9-16/h4-11,13H,3,12H2,1-2H3,(H,22,26). The number of amides is 1. The highest BCUT2D eigenvalue weighted by atomic mass is 32.2. The number of thioether (sulfide) groups is 1. The highest BCUT2D eigenvalue weighted by Crippen LogP contribution is 2.22. The molecule has 0 spiro atoms. The molecule has 0 unspecified atom stereocenters. The van der Waals surface area contributed by atoms with Crippen molar-refractivity contribution in [2.75, 3.05) is 18.2 Å². The number of nitrogens with one attached hydrogen (secondary N) is 1. The monoisotopic (exact) mass is 396 g/mol. The number of Topliss-reactive ketones (excluding diaryl/α,β-unsaturated/α-hetero) is 1. The van der Waals surface area contributed by atoms with Gasteiger partial charge in [0.05, 0.1) is 12.9 Å². The maximum atomic E-state index is 12.5. The third-order valence-electron chi connectivity index (χ3n) is 4.01. The van der Waals surface area contributed by atoms with Crippen LogP contribution in [0.4, 0.5) is 5.69 Å². The van der Waals surface area contributed by atoms with E-state index in [-0.39, 0.29) is 17.4 Å². The molecule has 0 aliphatic carbocycles. The number of ketones is 1. The minimum atomic E-state index is -0.0625. The molecule has 7 nitrogen and oxygen atoms in total. The number of benzene rings is 2. The molecule has 1 aromatic heterocycles. The van der Waals surface area contributed by atoms with Crippen LogP contribution in [0.25, 0.3) is 5.69 Å². The van der Waals surface area contributed by atoms with Gasteiger partial charge in [-0.3, -0.25) is 14.2 Å². The Hall–Kier alpha value is -3.13. The zero-order valence-electron chi connectivity index (χ0n) is 15.6. The number of anilines is 1. The third-order valence-corrected chi connectivity index (χ3v) is 4.95. The van der Waals surface area contributed by atoms with Gasteiger partial charge in [-0.05, 0) is 48.5 Å². The largest absolute Gasteiger partial charge is 0.497 e. The van der Waals surface area contributed by atoms with Gasteiger partial charge in [-0.15, -0.1) is 10.2 Å². The van der Waals surface area contributed by atoms with Crippen LogP contribution in [0, 0.1) is 0 Å². The molecule has 0 fully saturated rings. The number of aromatic nitrogens is 3. The number of methoxy groups -OCH3 is 1. The van der Waals surface area contributed by atoms with Crippen molar-refractivity contribution in [1.29, 1.82) is 0 Å². The second kappa shape index (κ2) is 9.18. The Bertz CT molecular complexity index is 952. The van der Waals surface area contributed by atoms with Gasteiger partial charge in [0.25, 0.3) is 0 Å². The minimum Gasteiger partial charge on any atom is -0.497 e. The fourth-order valence-electron chi connectivity index (χ4n) is 2.45. The van der Waals surface area contributed by atoms with E-state index < -0.39 is 0 Å². The molecule has 8 heteroatoms. The Labute approximate surface area is 167 Å². The topological polar surface area (TPSA) is 86.1 Å². The summed E-state index contributed by atoms with van der Waals surface area (Å²) in [6.07, 6.45) is 2.02. The van der Waals surface area contributed by atoms with E-state index in [0.717, 1.165) is 11.4 Å². The summed E-state index contributed by atoms with van der Waals surface area (Å²) < 4.78 is 6.99. The molecular formula is C20H20N4O3S. The quantitative estimate of drug-likeness (QED) is 0.462. The Morgan fingerprint density at radius 1 is 1.11 bits per heavy atom. The van der Waals surface area contributed by atoms with Crippen LogP contribution in [-0.2, 0) is 4.79 Å². The van der Waals surface area contributed by atoms with E-state index in [4.69, 9.17) is 4.74 Å². The Morgan fingerprint density at radius 3 is 2.46 bits per heavy atom. The maximum Gasteiger partial charge on any atom is 0.224 e. The van der Waals surface area contributed by atoms with Gasteiger partial charge in [0.2, 0.25) is 5.91 Å². The number of carbonyl (C=O) groups is 2.